The fraction of sp³-hybridized carbons (Fsp3) is 0.154. The van der Waals surface area contributed by atoms with E-state index >= 15 is 0 Å². The highest BCUT2D eigenvalue weighted by Crippen LogP contribution is 2.35. The van der Waals surface area contributed by atoms with Crippen LogP contribution in [0.15, 0.2) is 34.1 Å². The lowest BCUT2D eigenvalue weighted by Gasteiger charge is -1.96. The number of para-hydroxylation sites is 1. The average Bonchev–Trinajstić information content (AvgIpc) is 3.02. The zero-order chi connectivity index (χ0) is 12.5. The van der Waals surface area contributed by atoms with Gasteiger partial charge in [0.2, 0.25) is 0 Å². The van der Waals surface area contributed by atoms with Gasteiger partial charge in [0.25, 0.3) is 0 Å². The minimum absolute atomic E-state index is 0.688. The standard InChI is InChI=1S/C13H13N3OS/c1-2-8-9-5-3-4-6-11(9)17-12(8)10-7-18-13(15-10)16-14/h3-7H,2,14H2,1H3,(H,15,16). The Morgan fingerprint density at radius 2 is 2.22 bits per heavy atom. The summed E-state index contributed by atoms with van der Waals surface area (Å²) >= 11 is 1.47. The third-order valence-electron chi connectivity index (χ3n) is 2.91. The monoisotopic (exact) mass is 259 g/mol. The average molecular weight is 259 g/mol. The number of hydrogen-bond acceptors (Lipinski definition) is 5. The third kappa shape index (κ3) is 1.68. The molecular formula is C13H13N3OS. The molecule has 0 saturated heterocycles. The summed E-state index contributed by atoms with van der Waals surface area (Å²) in [6.45, 7) is 2.12. The SMILES string of the molecule is CCc1c(-c2csc(NN)n2)oc2ccccc12. The molecular weight excluding hydrogens is 246 g/mol. The molecule has 0 fully saturated rings. The number of benzene rings is 1. The van der Waals surface area contributed by atoms with Crippen molar-refractivity contribution >= 4 is 27.4 Å². The number of aromatic nitrogens is 1. The molecule has 0 bridgehead atoms. The number of nitrogens with one attached hydrogen (secondary N) is 1. The van der Waals surface area contributed by atoms with E-state index in [1.807, 2.05) is 23.6 Å². The minimum atomic E-state index is 0.688. The number of rotatable bonds is 3. The Labute approximate surface area is 108 Å². The maximum atomic E-state index is 5.91. The van der Waals surface area contributed by atoms with Gasteiger partial charge in [-0.25, -0.2) is 10.8 Å². The predicted octanol–water partition coefficient (Wildman–Crippen LogP) is 3.40. The van der Waals surface area contributed by atoms with Crippen molar-refractivity contribution in [2.24, 2.45) is 5.84 Å². The second-order valence-corrected chi connectivity index (χ2v) is 4.80. The third-order valence-corrected chi connectivity index (χ3v) is 3.69. The highest BCUT2D eigenvalue weighted by atomic mass is 32.1. The van der Waals surface area contributed by atoms with Crippen LogP contribution in [-0.2, 0) is 6.42 Å². The van der Waals surface area contributed by atoms with Crippen LogP contribution in [0.4, 0.5) is 5.13 Å². The first-order chi connectivity index (χ1) is 8.83. The lowest BCUT2D eigenvalue weighted by atomic mass is 10.1. The fourth-order valence-corrected chi connectivity index (χ4v) is 2.70. The second kappa shape index (κ2) is 4.44. The predicted molar refractivity (Wildman–Crippen MR) is 74.5 cm³/mol. The molecule has 0 aliphatic heterocycles. The van der Waals surface area contributed by atoms with Crippen LogP contribution in [0, 0.1) is 0 Å². The molecule has 0 spiro atoms. The quantitative estimate of drug-likeness (QED) is 0.559. The molecule has 3 N–H and O–H groups in total. The van der Waals surface area contributed by atoms with Gasteiger partial charge in [0.05, 0.1) is 0 Å². The summed E-state index contributed by atoms with van der Waals surface area (Å²) < 4.78 is 5.91. The normalized spacial score (nSPS) is 11.0. The van der Waals surface area contributed by atoms with Crippen LogP contribution in [0.3, 0.4) is 0 Å². The van der Waals surface area contributed by atoms with Gasteiger partial charge < -0.3 is 4.42 Å². The first-order valence-corrected chi connectivity index (χ1v) is 6.64. The van der Waals surface area contributed by atoms with Gasteiger partial charge in [-0.2, -0.15) is 0 Å². The van der Waals surface area contributed by atoms with Crippen LogP contribution in [-0.4, -0.2) is 4.98 Å². The number of nitrogens with zero attached hydrogens (tertiary/aromatic N) is 1. The summed E-state index contributed by atoms with van der Waals surface area (Å²) in [6, 6.07) is 8.06. The number of fused-ring (bicyclic) bond motifs is 1. The molecule has 1 aromatic carbocycles. The van der Waals surface area contributed by atoms with E-state index in [0.717, 1.165) is 28.8 Å². The van der Waals surface area contributed by atoms with E-state index in [1.54, 1.807) is 0 Å². The van der Waals surface area contributed by atoms with E-state index in [2.05, 4.69) is 23.4 Å². The Kier molecular flexibility index (Phi) is 2.77. The van der Waals surface area contributed by atoms with Crippen molar-refractivity contribution in [1.29, 1.82) is 0 Å². The van der Waals surface area contributed by atoms with Gasteiger partial charge in [-0.05, 0) is 12.5 Å². The van der Waals surface area contributed by atoms with Crippen molar-refractivity contribution in [2.75, 3.05) is 5.43 Å². The van der Waals surface area contributed by atoms with Gasteiger partial charge in [-0.1, -0.05) is 25.1 Å². The summed E-state index contributed by atoms with van der Waals surface area (Å²) in [7, 11) is 0. The number of thiazole rings is 1. The molecule has 0 atom stereocenters. The summed E-state index contributed by atoms with van der Waals surface area (Å²) in [5.74, 6) is 6.20. The molecule has 18 heavy (non-hydrogen) atoms. The molecule has 2 aromatic heterocycles. The molecule has 5 heteroatoms. The first kappa shape index (κ1) is 11.3. The molecule has 4 nitrogen and oxygen atoms in total. The van der Waals surface area contributed by atoms with Crippen molar-refractivity contribution in [2.45, 2.75) is 13.3 Å². The number of hydrogen-bond donors (Lipinski definition) is 2. The molecule has 0 saturated carbocycles. The number of furan rings is 1. The van der Waals surface area contributed by atoms with Crippen LogP contribution in [0.2, 0.25) is 0 Å². The second-order valence-electron chi connectivity index (χ2n) is 3.94. The molecule has 92 valence electrons. The van der Waals surface area contributed by atoms with Crippen LogP contribution < -0.4 is 11.3 Å². The highest BCUT2D eigenvalue weighted by molar-refractivity contribution is 7.14. The van der Waals surface area contributed by atoms with E-state index in [1.165, 1.54) is 16.9 Å². The molecule has 0 radical (unpaired) electrons. The topological polar surface area (TPSA) is 64.1 Å². The molecule has 0 amide bonds. The number of hydrazine groups is 1. The van der Waals surface area contributed by atoms with E-state index in [9.17, 15) is 0 Å². The molecule has 0 aliphatic carbocycles. The molecule has 3 aromatic rings. The zero-order valence-electron chi connectivity index (χ0n) is 9.93. The number of anilines is 1. The van der Waals surface area contributed by atoms with Crippen molar-refractivity contribution in [3.05, 3.63) is 35.2 Å². The van der Waals surface area contributed by atoms with Gasteiger partial charge >= 0.3 is 0 Å². The van der Waals surface area contributed by atoms with E-state index in [-0.39, 0.29) is 0 Å². The summed E-state index contributed by atoms with van der Waals surface area (Å²) in [5.41, 5.74) is 5.48. The Morgan fingerprint density at radius 1 is 1.39 bits per heavy atom. The lowest BCUT2D eigenvalue weighted by Crippen LogP contribution is -2.05. The van der Waals surface area contributed by atoms with Gasteiger partial charge in [0.1, 0.15) is 11.3 Å². The van der Waals surface area contributed by atoms with Gasteiger partial charge in [-0.15, -0.1) is 11.3 Å². The zero-order valence-corrected chi connectivity index (χ0v) is 10.8. The van der Waals surface area contributed by atoms with Gasteiger partial charge in [-0.3, -0.25) is 5.43 Å². The maximum absolute atomic E-state index is 5.91. The Bertz CT molecular complexity index is 686. The molecule has 0 aliphatic rings. The Balaban J connectivity index is 2.21. The minimum Gasteiger partial charge on any atom is -0.454 e. The molecule has 2 heterocycles. The number of nitrogen functional groups attached to an aromatic ring is 1. The van der Waals surface area contributed by atoms with Crippen molar-refractivity contribution in [1.82, 2.24) is 4.98 Å². The van der Waals surface area contributed by atoms with Crippen LogP contribution in [0.5, 0.6) is 0 Å². The fourth-order valence-electron chi connectivity index (χ4n) is 2.10. The lowest BCUT2D eigenvalue weighted by molar-refractivity contribution is 0.625. The van der Waals surface area contributed by atoms with E-state index < -0.39 is 0 Å². The largest absolute Gasteiger partial charge is 0.454 e. The molecule has 3 rings (SSSR count). The summed E-state index contributed by atoms with van der Waals surface area (Å²) in [4.78, 5) is 4.39. The first-order valence-electron chi connectivity index (χ1n) is 5.76. The molecule has 0 unspecified atom stereocenters. The van der Waals surface area contributed by atoms with Crippen LogP contribution in [0.25, 0.3) is 22.4 Å². The smallest absolute Gasteiger partial charge is 0.197 e. The van der Waals surface area contributed by atoms with Gasteiger partial charge in [0, 0.05) is 16.3 Å². The van der Waals surface area contributed by atoms with Crippen molar-refractivity contribution < 1.29 is 4.42 Å². The van der Waals surface area contributed by atoms with Crippen molar-refractivity contribution in [3.8, 4) is 11.5 Å². The van der Waals surface area contributed by atoms with E-state index in [4.69, 9.17) is 10.3 Å². The maximum Gasteiger partial charge on any atom is 0.197 e. The number of nitrogens with two attached hydrogens (primary N) is 1. The van der Waals surface area contributed by atoms with Gasteiger partial charge in [0.15, 0.2) is 10.9 Å². The summed E-state index contributed by atoms with van der Waals surface area (Å²) in [5, 5.41) is 3.80. The summed E-state index contributed by atoms with van der Waals surface area (Å²) in [6.07, 6.45) is 0.912. The number of aryl methyl sites for hydroxylation is 1. The van der Waals surface area contributed by atoms with Crippen LogP contribution in [0.1, 0.15) is 12.5 Å². The van der Waals surface area contributed by atoms with E-state index in [0.29, 0.717) is 5.13 Å². The van der Waals surface area contributed by atoms with Crippen molar-refractivity contribution in [3.63, 3.8) is 0 Å². The Morgan fingerprint density at radius 3 is 2.94 bits per heavy atom. The van der Waals surface area contributed by atoms with Crippen LogP contribution >= 0.6 is 11.3 Å². The highest BCUT2D eigenvalue weighted by Gasteiger charge is 2.16. The Hall–Kier alpha value is -1.85.